The van der Waals surface area contributed by atoms with E-state index in [0.717, 1.165) is 0 Å². The van der Waals surface area contributed by atoms with Crippen molar-refractivity contribution in [2.45, 2.75) is 63.0 Å². The largest absolute Gasteiger partial charge is 0.394 e. The van der Waals surface area contributed by atoms with E-state index in [9.17, 15) is 27.0 Å². The molecule has 13 heteroatoms. The molecule has 6 atom stereocenters. The van der Waals surface area contributed by atoms with Gasteiger partial charge in [0.15, 0.2) is 0 Å². The molecule has 1 aliphatic heterocycles. The first-order valence-electron chi connectivity index (χ1n) is 7.87. The van der Waals surface area contributed by atoms with Crippen molar-refractivity contribution in [3.8, 4) is 0 Å². The Bertz CT molecular complexity index is 603. The van der Waals surface area contributed by atoms with Gasteiger partial charge in [-0.1, -0.05) is 13.5 Å². The van der Waals surface area contributed by atoms with Crippen LogP contribution in [0.5, 0.6) is 0 Å². The highest BCUT2D eigenvalue weighted by atomic mass is 32.2. The van der Waals surface area contributed by atoms with E-state index < -0.39 is 56.0 Å². The van der Waals surface area contributed by atoms with Crippen LogP contribution in [-0.2, 0) is 29.7 Å². The normalized spacial score (nSPS) is 29.4. The lowest BCUT2D eigenvalue weighted by atomic mass is 9.96. The second-order valence-electron chi connectivity index (χ2n) is 5.66. The summed E-state index contributed by atoms with van der Waals surface area (Å²) in [6.45, 7) is 7.38. The van der Waals surface area contributed by atoms with E-state index in [1.165, 1.54) is 14.0 Å². The SMILES string of the molecule is C=CS(=O)(=O)O.CCC(C)S(=O)(=O)O.COC1C(CO)OC(C)C(O)C1O. The molecule has 27 heavy (non-hydrogen) atoms. The molecule has 5 N–H and O–H groups in total. The summed E-state index contributed by atoms with van der Waals surface area (Å²) in [6, 6.07) is 0. The maximum Gasteiger partial charge on any atom is 0.287 e. The predicted octanol–water partition coefficient (Wildman–Crippen LogP) is -0.807. The van der Waals surface area contributed by atoms with Crippen LogP contribution >= 0.6 is 0 Å². The van der Waals surface area contributed by atoms with Crippen LogP contribution in [0.25, 0.3) is 0 Å². The van der Waals surface area contributed by atoms with Gasteiger partial charge in [-0.15, -0.1) is 0 Å². The molecule has 0 aliphatic carbocycles. The molecule has 1 rings (SSSR count). The first kappa shape index (κ1) is 28.6. The molecule has 1 heterocycles. The van der Waals surface area contributed by atoms with Crippen LogP contribution in [0.2, 0.25) is 0 Å². The van der Waals surface area contributed by atoms with Gasteiger partial charge in [0.1, 0.15) is 24.4 Å². The predicted molar refractivity (Wildman–Crippen MR) is 97.3 cm³/mol. The fraction of sp³-hybridized carbons (Fsp3) is 0.857. The molecule has 0 saturated carbocycles. The van der Waals surface area contributed by atoms with Gasteiger partial charge in [0.05, 0.1) is 23.4 Å². The summed E-state index contributed by atoms with van der Waals surface area (Å²) in [7, 11) is -6.25. The van der Waals surface area contributed by atoms with Crippen molar-refractivity contribution in [2.75, 3.05) is 13.7 Å². The zero-order chi connectivity index (χ0) is 22.0. The quantitative estimate of drug-likeness (QED) is 0.338. The Balaban J connectivity index is 0. The Morgan fingerprint density at radius 3 is 1.85 bits per heavy atom. The first-order valence-corrected chi connectivity index (χ1v) is 10.9. The minimum Gasteiger partial charge on any atom is -0.394 e. The Morgan fingerprint density at radius 1 is 1.19 bits per heavy atom. The highest BCUT2D eigenvalue weighted by Gasteiger charge is 2.42. The lowest BCUT2D eigenvalue weighted by Crippen LogP contribution is -2.58. The zero-order valence-electron chi connectivity index (χ0n) is 15.7. The van der Waals surface area contributed by atoms with Crippen molar-refractivity contribution in [1.29, 1.82) is 0 Å². The van der Waals surface area contributed by atoms with Gasteiger partial charge in [-0.05, 0) is 20.3 Å². The summed E-state index contributed by atoms with van der Waals surface area (Å²) in [5.41, 5.74) is 0. The molecule has 0 bridgehead atoms. The Morgan fingerprint density at radius 2 is 1.63 bits per heavy atom. The summed E-state index contributed by atoms with van der Waals surface area (Å²) in [6.07, 6.45) is -3.24. The zero-order valence-corrected chi connectivity index (χ0v) is 17.3. The van der Waals surface area contributed by atoms with Gasteiger partial charge in [-0.2, -0.15) is 16.8 Å². The molecule has 1 aliphatic rings. The van der Waals surface area contributed by atoms with Gasteiger partial charge < -0.3 is 24.8 Å². The fourth-order valence-electron chi connectivity index (χ4n) is 1.77. The maximum atomic E-state index is 10.1. The molecule has 1 saturated heterocycles. The van der Waals surface area contributed by atoms with Crippen molar-refractivity contribution >= 4 is 20.2 Å². The summed E-state index contributed by atoms with van der Waals surface area (Å²) in [5, 5.41) is 27.7. The fourth-order valence-corrected chi connectivity index (χ4v) is 2.20. The van der Waals surface area contributed by atoms with Crippen molar-refractivity contribution in [3.05, 3.63) is 12.0 Å². The lowest BCUT2D eigenvalue weighted by molar-refractivity contribution is -0.231. The van der Waals surface area contributed by atoms with E-state index in [2.05, 4.69) is 6.58 Å². The number of hydrogen-bond donors (Lipinski definition) is 5. The van der Waals surface area contributed by atoms with E-state index in [1.54, 1.807) is 13.8 Å². The molecule has 0 aromatic heterocycles. The van der Waals surface area contributed by atoms with Gasteiger partial charge in [-0.3, -0.25) is 9.11 Å². The molecule has 6 unspecified atom stereocenters. The molecular formula is C14H30O11S2. The second-order valence-corrected chi connectivity index (χ2v) is 8.86. The van der Waals surface area contributed by atoms with Crippen LogP contribution < -0.4 is 0 Å². The summed E-state index contributed by atoms with van der Waals surface area (Å²) in [4.78, 5) is 0. The van der Waals surface area contributed by atoms with Crippen LogP contribution in [0, 0.1) is 0 Å². The van der Waals surface area contributed by atoms with Gasteiger partial charge in [0.25, 0.3) is 20.2 Å². The van der Waals surface area contributed by atoms with E-state index in [-0.39, 0.29) is 6.61 Å². The van der Waals surface area contributed by atoms with Gasteiger partial charge >= 0.3 is 0 Å². The monoisotopic (exact) mass is 438 g/mol. The molecule has 11 nitrogen and oxygen atoms in total. The Labute approximate surface area is 160 Å². The molecule has 0 spiro atoms. The van der Waals surface area contributed by atoms with Crippen molar-refractivity contribution in [1.82, 2.24) is 0 Å². The maximum absolute atomic E-state index is 10.1. The summed E-state index contributed by atoms with van der Waals surface area (Å²) >= 11 is 0. The number of rotatable bonds is 5. The van der Waals surface area contributed by atoms with Gasteiger partial charge in [-0.25, -0.2) is 0 Å². The minimum absolute atomic E-state index is 0.230. The molecule has 0 amide bonds. The third-order valence-electron chi connectivity index (χ3n) is 3.67. The lowest BCUT2D eigenvalue weighted by Gasteiger charge is -2.40. The average Bonchev–Trinajstić information content (AvgIpc) is 2.58. The summed E-state index contributed by atoms with van der Waals surface area (Å²) < 4.78 is 65.2. The first-order chi connectivity index (χ1) is 12.2. The third kappa shape index (κ3) is 11.7. The Hall–Kier alpha value is -0.640. The number of aliphatic hydroxyl groups excluding tert-OH is 3. The standard InChI is InChI=1S/C8H16O5.C4H10O3S.C2H4O3S/c1-4-6(10)7(11)8(12-2)5(3-9)13-4;1-3-4(2)8(5,6)7;1-2-6(3,4)5/h4-11H,3H2,1-2H3;4H,3H2,1-2H3,(H,5,6,7);2H,1H2,(H,3,4,5). The van der Waals surface area contributed by atoms with E-state index in [1.807, 2.05) is 0 Å². The van der Waals surface area contributed by atoms with Crippen LogP contribution in [-0.4, -0.2) is 90.7 Å². The Kier molecular flexibility index (Phi) is 13.5. The van der Waals surface area contributed by atoms with E-state index in [4.69, 9.17) is 23.7 Å². The topological polar surface area (TPSA) is 188 Å². The summed E-state index contributed by atoms with van der Waals surface area (Å²) in [5.74, 6) is 0. The van der Waals surface area contributed by atoms with Crippen LogP contribution in [0.4, 0.5) is 0 Å². The average molecular weight is 439 g/mol. The van der Waals surface area contributed by atoms with Crippen LogP contribution in [0.3, 0.4) is 0 Å². The second kappa shape index (κ2) is 12.7. The molecule has 0 aromatic carbocycles. The molecule has 0 aromatic rings. The smallest absolute Gasteiger partial charge is 0.287 e. The van der Waals surface area contributed by atoms with Crippen molar-refractivity contribution in [3.63, 3.8) is 0 Å². The van der Waals surface area contributed by atoms with E-state index in [0.29, 0.717) is 11.8 Å². The van der Waals surface area contributed by atoms with E-state index >= 15 is 0 Å². The molecule has 1 fully saturated rings. The van der Waals surface area contributed by atoms with Crippen molar-refractivity contribution < 1.29 is 50.7 Å². The van der Waals surface area contributed by atoms with Gasteiger partial charge in [0, 0.05) is 7.11 Å². The number of hydrogen-bond acceptors (Lipinski definition) is 9. The highest BCUT2D eigenvalue weighted by Crippen LogP contribution is 2.22. The highest BCUT2D eigenvalue weighted by molar-refractivity contribution is 7.88. The van der Waals surface area contributed by atoms with Crippen molar-refractivity contribution in [2.24, 2.45) is 0 Å². The number of aliphatic hydroxyl groups is 3. The van der Waals surface area contributed by atoms with Crippen LogP contribution in [0.15, 0.2) is 12.0 Å². The molecule has 164 valence electrons. The van der Waals surface area contributed by atoms with Gasteiger partial charge in [0.2, 0.25) is 0 Å². The van der Waals surface area contributed by atoms with Crippen LogP contribution in [0.1, 0.15) is 27.2 Å². The number of ether oxygens (including phenoxy) is 2. The minimum atomic E-state index is -3.90. The molecule has 0 radical (unpaired) electrons. The third-order valence-corrected chi connectivity index (χ3v) is 5.44. The number of methoxy groups -OCH3 is 1. The molecular weight excluding hydrogens is 408 g/mol.